The maximum Gasteiger partial charge on any atom is 0.325 e. The van der Waals surface area contributed by atoms with Crippen molar-refractivity contribution < 1.29 is 23.8 Å². The predicted molar refractivity (Wildman–Crippen MR) is 74.0 cm³/mol. The van der Waals surface area contributed by atoms with Crippen LogP contribution in [-0.2, 0) is 9.53 Å². The smallest absolute Gasteiger partial charge is 0.325 e. The number of carbonyl (C=O) groups excluding carboxylic acids is 2. The number of amides is 1. The zero-order valence-corrected chi connectivity index (χ0v) is 11.9. The molecule has 1 aromatic carbocycles. The molecule has 1 rings (SSSR count). The maximum atomic E-state index is 13.3. The highest BCUT2D eigenvalue weighted by molar-refractivity contribution is 5.98. The number of aliphatic hydroxyl groups is 1. The van der Waals surface area contributed by atoms with Gasteiger partial charge in [0.25, 0.3) is 5.91 Å². The first-order valence-corrected chi connectivity index (χ1v) is 6.30. The average Bonchev–Trinajstić information content (AvgIpc) is 2.45. The predicted octanol–water partition coefficient (Wildman–Crippen LogP) is 0.805. The van der Waals surface area contributed by atoms with Crippen molar-refractivity contribution in [2.45, 2.75) is 6.92 Å². The van der Waals surface area contributed by atoms with Crippen LogP contribution >= 0.6 is 0 Å². The molecule has 0 aliphatic rings. The molecular formula is C15H16FNO4. The SMILES string of the molecule is CCOC(=O)CN(C)C(=O)c1cc(F)ccc1C#CCO. The normalized spacial score (nSPS) is 9.52. The minimum atomic E-state index is -0.586. The summed E-state index contributed by atoms with van der Waals surface area (Å²) < 4.78 is 18.1. The van der Waals surface area contributed by atoms with Crippen molar-refractivity contribution in [2.75, 3.05) is 26.8 Å². The largest absolute Gasteiger partial charge is 0.465 e. The molecule has 1 amide bonds. The lowest BCUT2D eigenvalue weighted by Crippen LogP contribution is -2.33. The van der Waals surface area contributed by atoms with Gasteiger partial charge in [-0.25, -0.2) is 4.39 Å². The summed E-state index contributed by atoms with van der Waals surface area (Å²) in [6.45, 7) is 1.27. The van der Waals surface area contributed by atoms with Gasteiger partial charge in [0.15, 0.2) is 0 Å². The molecular weight excluding hydrogens is 277 g/mol. The molecule has 112 valence electrons. The van der Waals surface area contributed by atoms with E-state index < -0.39 is 17.7 Å². The number of nitrogens with zero attached hydrogens (tertiary/aromatic N) is 1. The number of carbonyl (C=O) groups is 2. The van der Waals surface area contributed by atoms with E-state index in [-0.39, 0.29) is 30.9 Å². The lowest BCUT2D eigenvalue weighted by Gasteiger charge is -2.17. The van der Waals surface area contributed by atoms with Crippen molar-refractivity contribution in [2.24, 2.45) is 0 Å². The van der Waals surface area contributed by atoms with Gasteiger partial charge in [-0.2, -0.15) is 0 Å². The Morgan fingerprint density at radius 3 is 2.76 bits per heavy atom. The topological polar surface area (TPSA) is 66.8 Å². The van der Waals surface area contributed by atoms with Gasteiger partial charge in [0.05, 0.1) is 12.2 Å². The zero-order valence-electron chi connectivity index (χ0n) is 11.9. The van der Waals surface area contributed by atoms with E-state index in [9.17, 15) is 14.0 Å². The highest BCUT2D eigenvalue weighted by atomic mass is 19.1. The van der Waals surface area contributed by atoms with Crippen molar-refractivity contribution in [3.05, 3.63) is 35.1 Å². The molecule has 5 nitrogen and oxygen atoms in total. The van der Waals surface area contributed by atoms with Crippen molar-refractivity contribution in [3.63, 3.8) is 0 Å². The number of benzene rings is 1. The highest BCUT2D eigenvalue weighted by Crippen LogP contribution is 2.13. The summed E-state index contributed by atoms with van der Waals surface area (Å²) in [7, 11) is 1.41. The molecule has 0 atom stereocenters. The second kappa shape index (κ2) is 8.02. The van der Waals surface area contributed by atoms with E-state index in [4.69, 9.17) is 9.84 Å². The van der Waals surface area contributed by atoms with Crippen LogP contribution < -0.4 is 0 Å². The maximum absolute atomic E-state index is 13.3. The third-order valence-electron chi connectivity index (χ3n) is 2.53. The number of rotatable bonds is 4. The summed E-state index contributed by atoms with van der Waals surface area (Å²) in [5.41, 5.74) is 0.314. The van der Waals surface area contributed by atoms with Crippen LogP contribution in [0.15, 0.2) is 18.2 Å². The number of likely N-dealkylation sites (N-methyl/N-ethyl adjacent to an activating group) is 1. The summed E-state index contributed by atoms with van der Waals surface area (Å²) in [4.78, 5) is 24.7. The van der Waals surface area contributed by atoms with Gasteiger partial charge in [-0.1, -0.05) is 11.8 Å². The van der Waals surface area contributed by atoms with Crippen LogP contribution in [0.4, 0.5) is 4.39 Å². The molecule has 1 N–H and O–H groups in total. The molecule has 0 spiro atoms. The van der Waals surface area contributed by atoms with Crippen molar-refractivity contribution in [1.29, 1.82) is 0 Å². The Balaban J connectivity index is 3.00. The second-order valence-corrected chi connectivity index (χ2v) is 4.12. The van der Waals surface area contributed by atoms with E-state index in [1.165, 1.54) is 19.2 Å². The lowest BCUT2D eigenvalue weighted by atomic mass is 10.1. The second-order valence-electron chi connectivity index (χ2n) is 4.12. The van der Waals surface area contributed by atoms with Crippen LogP contribution in [0.5, 0.6) is 0 Å². The molecule has 0 aliphatic heterocycles. The third kappa shape index (κ3) is 4.89. The van der Waals surface area contributed by atoms with E-state index >= 15 is 0 Å². The summed E-state index contributed by atoms with van der Waals surface area (Å²) in [6.07, 6.45) is 0. The number of halogens is 1. The van der Waals surface area contributed by atoms with E-state index in [1.807, 2.05) is 0 Å². The molecule has 0 bridgehead atoms. The molecule has 0 unspecified atom stereocenters. The third-order valence-corrected chi connectivity index (χ3v) is 2.53. The number of esters is 1. The first kappa shape index (κ1) is 16.7. The standard InChI is InChI=1S/C15H16FNO4/c1-3-21-14(19)10-17(2)15(20)13-9-12(16)7-6-11(13)5-4-8-18/h6-7,9,18H,3,8,10H2,1-2H3. The molecule has 0 aliphatic carbocycles. The van der Waals surface area contributed by atoms with Gasteiger partial charge in [0.1, 0.15) is 19.0 Å². The molecule has 1 aromatic rings. The van der Waals surface area contributed by atoms with Gasteiger partial charge in [-0.15, -0.1) is 0 Å². The van der Waals surface area contributed by atoms with Crippen molar-refractivity contribution in [1.82, 2.24) is 4.90 Å². The number of hydrogen-bond donors (Lipinski definition) is 1. The van der Waals surface area contributed by atoms with Gasteiger partial charge >= 0.3 is 5.97 Å². The van der Waals surface area contributed by atoms with Crippen LogP contribution in [0.25, 0.3) is 0 Å². The Bertz CT molecular complexity index is 589. The minimum Gasteiger partial charge on any atom is -0.465 e. The van der Waals surface area contributed by atoms with Crippen LogP contribution in [0.2, 0.25) is 0 Å². The quantitative estimate of drug-likeness (QED) is 0.659. The first-order chi connectivity index (χ1) is 9.99. The molecule has 6 heteroatoms. The van der Waals surface area contributed by atoms with Crippen molar-refractivity contribution >= 4 is 11.9 Å². The molecule has 0 radical (unpaired) electrons. The van der Waals surface area contributed by atoms with E-state index in [2.05, 4.69) is 11.8 Å². The average molecular weight is 293 g/mol. The Morgan fingerprint density at radius 1 is 1.43 bits per heavy atom. The number of hydrogen-bond acceptors (Lipinski definition) is 4. The number of ether oxygens (including phenoxy) is 1. The van der Waals surface area contributed by atoms with Gasteiger partial charge in [-0.05, 0) is 25.1 Å². The summed E-state index contributed by atoms with van der Waals surface area (Å²) >= 11 is 0. The summed E-state index contributed by atoms with van der Waals surface area (Å²) in [6, 6.07) is 3.57. The monoisotopic (exact) mass is 293 g/mol. The summed E-state index contributed by atoms with van der Waals surface area (Å²) in [5.74, 6) is 3.29. The van der Waals surface area contributed by atoms with Crippen LogP contribution in [0.3, 0.4) is 0 Å². The van der Waals surface area contributed by atoms with Crippen LogP contribution in [-0.4, -0.2) is 48.7 Å². The van der Waals surface area contributed by atoms with Gasteiger partial charge < -0.3 is 14.7 Å². The zero-order chi connectivity index (χ0) is 15.8. The molecule has 0 aromatic heterocycles. The summed E-state index contributed by atoms with van der Waals surface area (Å²) in [5, 5.41) is 8.69. The fraction of sp³-hybridized carbons (Fsp3) is 0.333. The molecule has 0 heterocycles. The molecule has 0 fully saturated rings. The van der Waals surface area contributed by atoms with Gasteiger partial charge in [0.2, 0.25) is 0 Å². The van der Waals surface area contributed by atoms with Crippen LogP contribution in [0, 0.1) is 17.7 Å². The van der Waals surface area contributed by atoms with Gasteiger partial charge in [0, 0.05) is 12.6 Å². The fourth-order valence-corrected chi connectivity index (χ4v) is 1.61. The number of aliphatic hydroxyl groups excluding tert-OH is 1. The Hall–Kier alpha value is -2.39. The Morgan fingerprint density at radius 2 is 2.14 bits per heavy atom. The van der Waals surface area contributed by atoms with Gasteiger partial charge in [-0.3, -0.25) is 9.59 Å². The minimum absolute atomic E-state index is 0.0303. The lowest BCUT2D eigenvalue weighted by molar-refractivity contribution is -0.143. The Kier molecular flexibility index (Phi) is 6.37. The van der Waals surface area contributed by atoms with E-state index in [0.29, 0.717) is 0 Å². The van der Waals surface area contributed by atoms with E-state index in [0.717, 1.165) is 11.0 Å². The van der Waals surface area contributed by atoms with Crippen molar-refractivity contribution in [3.8, 4) is 11.8 Å². The van der Waals surface area contributed by atoms with E-state index in [1.54, 1.807) is 6.92 Å². The molecule has 0 saturated heterocycles. The molecule has 0 saturated carbocycles. The molecule has 21 heavy (non-hydrogen) atoms. The first-order valence-electron chi connectivity index (χ1n) is 6.30. The van der Waals surface area contributed by atoms with Crippen LogP contribution in [0.1, 0.15) is 22.8 Å². The Labute approximate surface area is 122 Å². The fourth-order valence-electron chi connectivity index (χ4n) is 1.61. The highest BCUT2D eigenvalue weighted by Gasteiger charge is 2.18.